The number of benzene rings is 3. The molecule has 4 nitrogen and oxygen atoms in total. The number of allylic oxidation sites excluding steroid dienone is 1. The monoisotopic (exact) mass is 451 g/mol. The fourth-order valence-electron chi connectivity index (χ4n) is 2.81. The Morgan fingerprint density at radius 3 is 2.19 bits per heavy atom. The molecule has 0 heterocycles. The molecule has 158 valence electrons. The molecule has 0 aliphatic heterocycles. The van der Waals surface area contributed by atoms with Crippen molar-refractivity contribution < 1.29 is 14.3 Å². The molecule has 0 saturated carbocycles. The Labute approximate surface area is 191 Å². The fourth-order valence-corrected chi connectivity index (χ4v) is 3.92. The summed E-state index contributed by atoms with van der Waals surface area (Å²) in [6.45, 7) is 1.83. The van der Waals surface area contributed by atoms with Gasteiger partial charge in [0, 0.05) is 27.9 Å². The third-order valence-corrected chi connectivity index (χ3v) is 5.77. The highest BCUT2D eigenvalue weighted by Crippen LogP contribution is 2.28. The van der Waals surface area contributed by atoms with E-state index in [4.69, 9.17) is 16.3 Å². The summed E-state index contributed by atoms with van der Waals surface area (Å²) in [5, 5.41) is 3.99. The number of ketones is 2. The number of Topliss-reactive ketones (excluding diaryl/α,β-unsaturated/α-hetero) is 1. The number of carbonyl (C=O) groups excluding carboxylic acids is 2. The zero-order valence-electron chi connectivity index (χ0n) is 17.2. The van der Waals surface area contributed by atoms with E-state index >= 15 is 0 Å². The summed E-state index contributed by atoms with van der Waals surface area (Å²) < 4.78 is 5.19. The average Bonchev–Trinajstić information content (AvgIpc) is 2.80. The Bertz CT molecular complexity index is 1060. The molecule has 0 aliphatic carbocycles. The van der Waals surface area contributed by atoms with Gasteiger partial charge in [-0.25, -0.2) is 0 Å². The highest BCUT2D eigenvalue weighted by molar-refractivity contribution is 8.04. The normalized spacial score (nSPS) is 12.2. The first-order valence-corrected chi connectivity index (χ1v) is 10.9. The number of carbonyl (C=O) groups is 2. The van der Waals surface area contributed by atoms with E-state index in [1.165, 1.54) is 17.8 Å². The maximum atomic E-state index is 12.8. The predicted molar refractivity (Wildman–Crippen MR) is 128 cm³/mol. The van der Waals surface area contributed by atoms with Crippen molar-refractivity contribution in [2.45, 2.75) is 12.2 Å². The van der Waals surface area contributed by atoms with Crippen molar-refractivity contribution in [3.8, 4) is 5.75 Å². The molecule has 1 N–H and O–H groups in total. The van der Waals surface area contributed by atoms with Crippen LogP contribution in [0.25, 0.3) is 0 Å². The lowest BCUT2D eigenvalue weighted by Crippen LogP contribution is -2.15. The van der Waals surface area contributed by atoms with Gasteiger partial charge in [0.1, 0.15) is 5.75 Å². The van der Waals surface area contributed by atoms with Gasteiger partial charge in [0.05, 0.1) is 17.4 Å². The summed E-state index contributed by atoms with van der Waals surface area (Å²) in [7, 11) is 1.60. The summed E-state index contributed by atoms with van der Waals surface area (Å²) in [4.78, 5) is 25.6. The molecule has 0 aliphatic rings. The Morgan fingerprint density at radius 1 is 0.935 bits per heavy atom. The molecule has 0 amide bonds. The second-order valence-corrected chi connectivity index (χ2v) is 8.54. The van der Waals surface area contributed by atoms with Crippen LogP contribution < -0.4 is 10.1 Å². The summed E-state index contributed by atoms with van der Waals surface area (Å²) in [6.07, 6.45) is 1.51. The number of halogens is 1. The Hall–Kier alpha value is -3.02. The number of methoxy groups -OCH3 is 1. The molecule has 1 atom stereocenters. The van der Waals surface area contributed by atoms with E-state index in [-0.39, 0.29) is 11.6 Å². The van der Waals surface area contributed by atoms with Gasteiger partial charge in [-0.1, -0.05) is 53.7 Å². The third kappa shape index (κ3) is 6.48. The molecular weight excluding hydrogens is 430 g/mol. The SMILES string of the molecule is COc1ccc(NC(=CC(=O)c2ccc(Cl)cc2)SC(C)C(=O)c2ccccc2)cc1. The van der Waals surface area contributed by atoms with Crippen LogP contribution in [0.1, 0.15) is 27.6 Å². The number of thioether (sulfide) groups is 1. The predicted octanol–water partition coefficient (Wildman–Crippen LogP) is 6.49. The highest BCUT2D eigenvalue weighted by atomic mass is 35.5. The number of ether oxygens (including phenoxy) is 1. The summed E-state index contributed by atoms with van der Waals surface area (Å²) in [5.74, 6) is 0.542. The van der Waals surface area contributed by atoms with Crippen LogP contribution in [0.4, 0.5) is 5.69 Å². The summed E-state index contributed by atoms with van der Waals surface area (Å²) in [6, 6.07) is 23.2. The van der Waals surface area contributed by atoms with Gasteiger partial charge >= 0.3 is 0 Å². The molecule has 0 fully saturated rings. The maximum absolute atomic E-state index is 12.8. The Kier molecular flexibility index (Phi) is 7.93. The molecule has 3 aromatic rings. The van der Waals surface area contributed by atoms with Gasteiger partial charge < -0.3 is 10.1 Å². The molecule has 0 radical (unpaired) electrons. The topological polar surface area (TPSA) is 55.4 Å². The van der Waals surface area contributed by atoms with Crippen molar-refractivity contribution in [3.05, 3.63) is 106 Å². The minimum atomic E-state index is -0.391. The standard InChI is InChI=1S/C25H22ClNO3S/c1-17(25(29)19-6-4-3-5-7-19)31-24(27-21-12-14-22(30-2)15-13-21)16-23(28)18-8-10-20(26)11-9-18/h3-17,27H,1-2H3. The van der Waals surface area contributed by atoms with Crippen molar-refractivity contribution in [1.29, 1.82) is 0 Å². The van der Waals surface area contributed by atoms with Gasteiger partial charge in [-0.05, 0) is 55.5 Å². The fraction of sp³-hybridized carbons (Fsp3) is 0.120. The highest BCUT2D eigenvalue weighted by Gasteiger charge is 2.18. The first-order chi connectivity index (χ1) is 15.0. The first kappa shape index (κ1) is 22.7. The molecule has 31 heavy (non-hydrogen) atoms. The van der Waals surface area contributed by atoms with E-state index in [9.17, 15) is 9.59 Å². The molecule has 1 unspecified atom stereocenters. The van der Waals surface area contributed by atoms with Crippen LogP contribution in [0, 0.1) is 0 Å². The van der Waals surface area contributed by atoms with E-state index < -0.39 is 5.25 Å². The molecule has 0 saturated heterocycles. The summed E-state index contributed by atoms with van der Waals surface area (Å²) in [5.41, 5.74) is 1.93. The van der Waals surface area contributed by atoms with Crippen LogP contribution in [0.3, 0.4) is 0 Å². The van der Waals surface area contributed by atoms with Gasteiger partial charge in [-0.15, -0.1) is 0 Å². The summed E-state index contributed by atoms with van der Waals surface area (Å²) >= 11 is 7.23. The Balaban J connectivity index is 1.84. The van der Waals surface area contributed by atoms with E-state index in [1.54, 1.807) is 43.5 Å². The first-order valence-electron chi connectivity index (χ1n) is 9.65. The molecular formula is C25H22ClNO3S. The lowest BCUT2D eigenvalue weighted by Gasteiger charge is -2.15. The number of anilines is 1. The molecule has 0 spiro atoms. The van der Waals surface area contributed by atoms with Gasteiger partial charge in [0.2, 0.25) is 0 Å². The smallest absolute Gasteiger partial charge is 0.188 e. The minimum Gasteiger partial charge on any atom is -0.497 e. The largest absolute Gasteiger partial charge is 0.497 e. The maximum Gasteiger partial charge on any atom is 0.188 e. The second kappa shape index (κ2) is 10.8. The zero-order chi connectivity index (χ0) is 22.2. The Morgan fingerprint density at radius 2 is 1.58 bits per heavy atom. The van der Waals surface area contributed by atoms with E-state index in [0.29, 0.717) is 21.2 Å². The van der Waals surface area contributed by atoms with Crippen LogP contribution in [0.2, 0.25) is 5.02 Å². The van der Waals surface area contributed by atoms with Crippen molar-refractivity contribution in [3.63, 3.8) is 0 Å². The molecule has 3 rings (SSSR count). The van der Waals surface area contributed by atoms with Crippen LogP contribution in [-0.4, -0.2) is 23.9 Å². The molecule has 0 bridgehead atoms. The van der Waals surface area contributed by atoms with Gasteiger partial charge in [0.25, 0.3) is 0 Å². The number of rotatable bonds is 9. The van der Waals surface area contributed by atoms with Gasteiger partial charge in [0.15, 0.2) is 11.6 Å². The van der Waals surface area contributed by atoms with Crippen molar-refractivity contribution >= 4 is 40.6 Å². The number of hydrogen-bond donors (Lipinski definition) is 1. The van der Waals surface area contributed by atoms with Crippen LogP contribution in [0.15, 0.2) is 90.0 Å². The lowest BCUT2D eigenvalue weighted by atomic mass is 10.1. The van der Waals surface area contributed by atoms with Crippen LogP contribution in [-0.2, 0) is 0 Å². The van der Waals surface area contributed by atoms with Crippen molar-refractivity contribution in [2.75, 3.05) is 12.4 Å². The molecule has 0 aromatic heterocycles. The molecule has 6 heteroatoms. The lowest BCUT2D eigenvalue weighted by molar-refractivity contribution is 0.0992. The second-order valence-electron chi connectivity index (χ2n) is 6.72. The van der Waals surface area contributed by atoms with E-state index in [1.807, 2.05) is 49.4 Å². The number of nitrogens with one attached hydrogen (secondary N) is 1. The van der Waals surface area contributed by atoms with Crippen molar-refractivity contribution in [2.24, 2.45) is 0 Å². The van der Waals surface area contributed by atoms with E-state index in [0.717, 1.165) is 11.4 Å². The zero-order valence-corrected chi connectivity index (χ0v) is 18.7. The van der Waals surface area contributed by atoms with Gasteiger partial charge in [-0.3, -0.25) is 9.59 Å². The van der Waals surface area contributed by atoms with E-state index in [2.05, 4.69) is 5.32 Å². The average molecular weight is 452 g/mol. The van der Waals surface area contributed by atoms with Crippen LogP contribution >= 0.6 is 23.4 Å². The van der Waals surface area contributed by atoms with Gasteiger partial charge in [-0.2, -0.15) is 0 Å². The quantitative estimate of drug-likeness (QED) is 0.297. The number of hydrogen-bond acceptors (Lipinski definition) is 5. The molecule has 3 aromatic carbocycles. The minimum absolute atomic E-state index is 0.00743. The van der Waals surface area contributed by atoms with Crippen LogP contribution in [0.5, 0.6) is 5.75 Å². The third-order valence-electron chi connectivity index (χ3n) is 4.48. The van der Waals surface area contributed by atoms with Crippen molar-refractivity contribution in [1.82, 2.24) is 0 Å².